The summed E-state index contributed by atoms with van der Waals surface area (Å²) in [5.74, 6) is 0.434. The number of benzene rings is 2. The number of nitrogens with two attached hydrogens (primary N) is 1. The van der Waals surface area contributed by atoms with E-state index in [0.29, 0.717) is 30.9 Å². The van der Waals surface area contributed by atoms with Crippen LogP contribution < -0.4 is 11.1 Å². The molecule has 2 amide bonds. The highest BCUT2D eigenvalue weighted by Crippen LogP contribution is 2.46. The summed E-state index contributed by atoms with van der Waals surface area (Å²) in [5.41, 5.74) is 10.8. The molecule has 4 N–H and O–H groups in total. The zero-order chi connectivity index (χ0) is 30.1. The SMILES string of the molecule is CC(=O)N(C(C)C)C1CCC(CC(=O)Nc2cnc(-c3ccc(C4(N)CC(C)(O)C4)cc3)c(-c3ccccc3)c2)CC1. The molecule has 2 aliphatic carbocycles. The molecular formula is C35H44N4O3. The van der Waals surface area contributed by atoms with Gasteiger partial charge in [-0.25, -0.2) is 0 Å². The number of nitrogens with zero attached hydrogens (tertiary/aromatic N) is 2. The molecule has 5 rings (SSSR count). The van der Waals surface area contributed by atoms with Gasteiger partial charge in [-0.2, -0.15) is 0 Å². The molecule has 2 saturated carbocycles. The van der Waals surface area contributed by atoms with Gasteiger partial charge in [0.1, 0.15) is 0 Å². The Balaban J connectivity index is 1.28. The number of amides is 2. The Bertz CT molecular complexity index is 1400. The lowest BCUT2D eigenvalue weighted by Gasteiger charge is -2.49. The van der Waals surface area contributed by atoms with Crippen molar-refractivity contribution in [3.63, 3.8) is 0 Å². The fourth-order valence-corrected chi connectivity index (χ4v) is 7.22. The first kappa shape index (κ1) is 29.9. The van der Waals surface area contributed by atoms with Crippen LogP contribution in [0.3, 0.4) is 0 Å². The van der Waals surface area contributed by atoms with E-state index in [0.717, 1.165) is 53.6 Å². The predicted octanol–water partition coefficient (Wildman–Crippen LogP) is 6.26. The Kier molecular flexibility index (Phi) is 8.53. The maximum Gasteiger partial charge on any atom is 0.224 e. The van der Waals surface area contributed by atoms with E-state index in [-0.39, 0.29) is 23.9 Å². The van der Waals surface area contributed by atoms with E-state index in [1.54, 1.807) is 13.1 Å². The van der Waals surface area contributed by atoms with Crippen LogP contribution in [0.2, 0.25) is 0 Å². The molecule has 2 fully saturated rings. The molecule has 0 spiro atoms. The van der Waals surface area contributed by atoms with Crippen molar-refractivity contribution in [1.82, 2.24) is 9.88 Å². The molecule has 42 heavy (non-hydrogen) atoms. The van der Waals surface area contributed by atoms with E-state index in [2.05, 4.69) is 19.2 Å². The summed E-state index contributed by atoms with van der Waals surface area (Å²) in [7, 11) is 0. The molecule has 2 aromatic carbocycles. The van der Waals surface area contributed by atoms with Gasteiger partial charge in [-0.05, 0) is 82.4 Å². The Morgan fingerprint density at radius 3 is 2.24 bits per heavy atom. The highest BCUT2D eigenvalue weighted by Gasteiger charge is 2.49. The Hall–Kier alpha value is -3.55. The molecule has 0 bridgehead atoms. The summed E-state index contributed by atoms with van der Waals surface area (Å²) in [6, 6.07) is 20.7. The van der Waals surface area contributed by atoms with Crippen molar-refractivity contribution in [1.29, 1.82) is 0 Å². The van der Waals surface area contributed by atoms with Crippen LogP contribution in [0.25, 0.3) is 22.4 Å². The number of carbonyl (C=O) groups excluding carboxylic acids is 2. The number of hydrogen-bond donors (Lipinski definition) is 3. The van der Waals surface area contributed by atoms with Gasteiger partial charge in [0.25, 0.3) is 0 Å². The second kappa shape index (κ2) is 12.0. The molecule has 0 unspecified atom stereocenters. The van der Waals surface area contributed by atoms with Crippen LogP contribution in [0.15, 0.2) is 66.9 Å². The highest BCUT2D eigenvalue weighted by molar-refractivity contribution is 5.93. The maximum absolute atomic E-state index is 13.1. The van der Waals surface area contributed by atoms with Crippen LogP contribution >= 0.6 is 0 Å². The van der Waals surface area contributed by atoms with Crippen molar-refractivity contribution in [2.45, 2.75) is 95.9 Å². The highest BCUT2D eigenvalue weighted by atomic mass is 16.3. The third-order valence-corrected chi connectivity index (χ3v) is 8.99. The van der Waals surface area contributed by atoms with Crippen molar-refractivity contribution >= 4 is 17.5 Å². The monoisotopic (exact) mass is 568 g/mol. The minimum absolute atomic E-state index is 0.00623. The first-order valence-corrected chi connectivity index (χ1v) is 15.2. The average Bonchev–Trinajstić information content (AvgIpc) is 2.93. The minimum atomic E-state index is -0.709. The first-order chi connectivity index (χ1) is 19.9. The molecule has 0 aliphatic heterocycles. The quantitative estimate of drug-likeness (QED) is 0.297. The number of anilines is 1. The van der Waals surface area contributed by atoms with Gasteiger partial charge in [0.15, 0.2) is 0 Å². The maximum atomic E-state index is 13.1. The van der Waals surface area contributed by atoms with Crippen LogP contribution in [0.5, 0.6) is 0 Å². The van der Waals surface area contributed by atoms with E-state index < -0.39 is 11.1 Å². The molecule has 0 saturated heterocycles. The number of hydrogen-bond acceptors (Lipinski definition) is 5. The molecule has 222 valence electrons. The average molecular weight is 569 g/mol. The van der Waals surface area contributed by atoms with Gasteiger partial charge in [-0.1, -0.05) is 54.6 Å². The number of aliphatic hydroxyl groups is 1. The number of aromatic nitrogens is 1. The van der Waals surface area contributed by atoms with Gasteiger partial charge in [-0.15, -0.1) is 0 Å². The van der Waals surface area contributed by atoms with Gasteiger partial charge in [0, 0.05) is 42.1 Å². The van der Waals surface area contributed by atoms with E-state index >= 15 is 0 Å². The molecule has 0 radical (unpaired) electrons. The van der Waals surface area contributed by atoms with Crippen molar-refractivity contribution in [3.05, 3.63) is 72.4 Å². The lowest BCUT2D eigenvalue weighted by molar-refractivity contribution is -0.134. The minimum Gasteiger partial charge on any atom is -0.390 e. The molecule has 1 aromatic heterocycles. The zero-order valence-corrected chi connectivity index (χ0v) is 25.3. The van der Waals surface area contributed by atoms with Crippen molar-refractivity contribution in [2.24, 2.45) is 11.7 Å². The van der Waals surface area contributed by atoms with Crippen LogP contribution in [-0.2, 0) is 15.1 Å². The second-order valence-corrected chi connectivity index (χ2v) is 13.0. The summed E-state index contributed by atoms with van der Waals surface area (Å²) in [5, 5.41) is 13.3. The molecule has 0 atom stereocenters. The lowest BCUT2D eigenvalue weighted by atomic mass is 9.63. The van der Waals surface area contributed by atoms with E-state index in [1.807, 2.05) is 72.5 Å². The largest absolute Gasteiger partial charge is 0.390 e. The predicted molar refractivity (Wildman–Crippen MR) is 167 cm³/mol. The van der Waals surface area contributed by atoms with Gasteiger partial charge in [-0.3, -0.25) is 14.6 Å². The van der Waals surface area contributed by atoms with E-state index in [4.69, 9.17) is 10.7 Å². The third-order valence-electron chi connectivity index (χ3n) is 8.99. The summed E-state index contributed by atoms with van der Waals surface area (Å²) in [6.07, 6.45) is 7.03. The van der Waals surface area contributed by atoms with Gasteiger partial charge < -0.3 is 21.1 Å². The molecule has 2 aliphatic rings. The van der Waals surface area contributed by atoms with Crippen molar-refractivity contribution < 1.29 is 14.7 Å². The zero-order valence-electron chi connectivity index (χ0n) is 25.3. The Morgan fingerprint density at radius 2 is 1.67 bits per heavy atom. The fourth-order valence-electron chi connectivity index (χ4n) is 7.22. The smallest absolute Gasteiger partial charge is 0.224 e. The molecule has 1 heterocycles. The summed E-state index contributed by atoms with van der Waals surface area (Å²) in [6.45, 7) is 7.60. The molecule has 3 aromatic rings. The normalized spacial score (nSPS) is 25.5. The topological polar surface area (TPSA) is 109 Å². The van der Waals surface area contributed by atoms with Gasteiger partial charge in [0.2, 0.25) is 11.8 Å². The van der Waals surface area contributed by atoms with Gasteiger partial charge in [0.05, 0.1) is 23.2 Å². The van der Waals surface area contributed by atoms with Gasteiger partial charge >= 0.3 is 0 Å². The van der Waals surface area contributed by atoms with E-state index in [9.17, 15) is 14.7 Å². The lowest BCUT2D eigenvalue weighted by Crippen LogP contribution is -2.58. The number of pyridine rings is 1. The van der Waals surface area contributed by atoms with Crippen LogP contribution in [0.1, 0.15) is 78.2 Å². The van der Waals surface area contributed by atoms with Crippen molar-refractivity contribution in [2.75, 3.05) is 5.32 Å². The van der Waals surface area contributed by atoms with E-state index in [1.165, 1.54) is 0 Å². The van der Waals surface area contributed by atoms with Crippen LogP contribution in [-0.4, -0.2) is 44.5 Å². The Labute approximate surface area is 249 Å². The molecule has 7 heteroatoms. The standard InChI is InChI=1S/C35H44N4O3/c1-23(2)39(24(3)40)30-16-10-25(11-17-30)18-32(41)38-29-19-31(26-8-6-5-7-9-26)33(37-20-29)27-12-14-28(15-13-27)35(36)21-34(4,42)22-35/h5-9,12-15,19-20,23,25,30,42H,10-11,16-18,21-22,36H2,1-4H3,(H,38,41). The number of nitrogens with one attached hydrogen (secondary N) is 1. The third kappa shape index (κ3) is 6.58. The molecular weight excluding hydrogens is 524 g/mol. The summed E-state index contributed by atoms with van der Waals surface area (Å²) < 4.78 is 0. The van der Waals surface area contributed by atoms with Crippen LogP contribution in [0.4, 0.5) is 5.69 Å². The first-order valence-electron chi connectivity index (χ1n) is 15.2. The summed E-state index contributed by atoms with van der Waals surface area (Å²) >= 11 is 0. The fraction of sp³-hybridized carbons (Fsp3) is 0.457. The molecule has 7 nitrogen and oxygen atoms in total. The second-order valence-electron chi connectivity index (χ2n) is 13.0. The number of carbonyl (C=O) groups is 2. The number of rotatable bonds is 8. The van der Waals surface area contributed by atoms with Crippen molar-refractivity contribution in [3.8, 4) is 22.4 Å². The van der Waals surface area contributed by atoms with Crippen LogP contribution in [0, 0.1) is 5.92 Å². The summed E-state index contributed by atoms with van der Waals surface area (Å²) in [4.78, 5) is 32.0. The Morgan fingerprint density at radius 1 is 1.02 bits per heavy atom.